The maximum Gasteiger partial charge on any atom is 0.323 e. The van der Waals surface area contributed by atoms with Crippen LogP contribution in [-0.2, 0) is 24.7 Å². The number of carboxylic acids is 1. The van der Waals surface area contributed by atoms with E-state index < -0.39 is 41.9 Å². The number of anilines is 1. The molecule has 1 fully saturated rings. The zero-order chi connectivity index (χ0) is 25.9. The van der Waals surface area contributed by atoms with Gasteiger partial charge in [0.25, 0.3) is 17.7 Å². The lowest BCUT2D eigenvalue weighted by Crippen LogP contribution is -2.61. The fourth-order valence-electron chi connectivity index (χ4n) is 3.77. The molecule has 12 heteroatoms. The third kappa shape index (κ3) is 4.98. The van der Waals surface area contributed by atoms with Gasteiger partial charge in [0.2, 0.25) is 5.60 Å². The van der Waals surface area contributed by atoms with E-state index in [1.54, 1.807) is 6.07 Å². The number of carbonyl (C=O) groups is 4. The number of rotatable bonds is 8. The van der Waals surface area contributed by atoms with Crippen LogP contribution in [0.2, 0.25) is 0 Å². The quantitative estimate of drug-likeness (QED) is 0.238. The first-order valence-electron chi connectivity index (χ1n) is 10.4. The molecule has 1 heterocycles. The Labute approximate surface area is 200 Å². The summed E-state index contributed by atoms with van der Waals surface area (Å²) >= 11 is 0. The van der Waals surface area contributed by atoms with Crippen LogP contribution >= 0.6 is 0 Å². The van der Waals surface area contributed by atoms with Gasteiger partial charge in [-0.15, -0.1) is 0 Å². The molecule has 3 amide bonds. The summed E-state index contributed by atoms with van der Waals surface area (Å²) in [5.74, 6) is -3.95. The van der Waals surface area contributed by atoms with E-state index in [2.05, 4.69) is 0 Å². The predicted molar refractivity (Wildman–Crippen MR) is 124 cm³/mol. The lowest BCUT2D eigenvalue weighted by Gasteiger charge is -2.39. The highest BCUT2D eigenvalue weighted by Gasteiger charge is 2.52. The molecule has 0 spiro atoms. The normalized spacial score (nSPS) is 17.4. The molecular formula is C23H25N5O7. The minimum Gasteiger partial charge on any atom is -0.480 e. The van der Waals surface area contributed by atoms with Crippen LogP contribution in [0, 0.1) is 5.41 Å². The number of likely N-dealkylation sites (N-methyl/N-ethyl adjacent to an activating group) is 1. The Hall–Kier alpha value is -4.29. The number of primary amides is 1. The van der Waals surface area contributed by atoms with Gasteiger partial charge in [-0.1, -0.05) is 30.3 Å². The number of carboxylic acid groups (broad SMARTS) is 1. The molecule has 0 saturated carbocycles. The molecule has 1 aliphatic rings. The first-order chi connectivity index (χ1) is 16.5. The first kappa shape index (κ1) is 25.3. The Morgan fingerprint density at radius 1 is 1.17 bits per heavy atom. The SMILES string of the molecule is CN(CC(=O)O)C(=O)c1cccc(N2CCO[C@H](C(O)(C(N)=O)c3ccc(C(=N)N)cc3)C2=O)c1. The van der Waals surface area contributed by atoms with E-state index in [0.717, 1.165) is 4.90 Å². The molecule has 2 aromatic rings. The van der Waals surface area contributed by atoms with Gasteiger partial charge in [-0.2, -0.15) is 0 Å². The molecule has 2 aromatic carbocycles. The molecule has 2 atom stereocenters. The third-order valence-corrected chi connectivity index (χ3v) is 5.60. The molecule has 3 rings (SSSR count). The zero-order valence-corrected chi connectivity index (χ0v) is 18.8. The Morgan fingerprint density at radius 3 is 2.40 bits per heavy atom. The van der Waals surface area contributed by atoms with Crippen LogP contribution < -0.4 is 16.4 Å². The largest absolute Gasteiger partial charge is 0.480 e. The van der Waals surface area contributed by atoms with E-state index >= 15 is 0 Å². The number of carbonyl (C=O) groups excluding carboxylic acids is 3. The highest BCUT2D eigenvalue weighted by molar-refractivity contribution is 6.04. The second-order valence-corrected chi connectivity index (χ2v) is 7.97. The van der Waals surface area contributed by atoms with Gasteiger partial charge in [-0.3, -0.25) is 24.6 Å². The molecule has 7 N–H and O–H groups in total. The maximum absolute atomic E-state index is 13.4. The van der Waals surface area contributed by atoms with Crippen molar-refractivity contribution in [1.82, 2.24) is 4.90 Å². The molecule has 1 unspecified atom stereocenters. The zero-order valence-electron chi connectivity index (χ0n) is 18.8. The monoisotopic (exact) mass is 483 g/mol. The summed E-state index contributed by atoms with van der Waals surface area (Å²) in [5, 5.41) is 27.7. The van der Waals surface area contributed by atoms with Crippen molar-refractivity contribution in [2.45, 2.75) is 11.7 Å². The standard InChI is InChI=1S/C23H25N5O7/c1-27(12-17(29)30)20(31)14-3-2-4-16(11-14)28-9-10-35-18(21(28)32)23(34,22(26)33)15-7-5-13(6-8-15)19(24)25/h2-8,11,18,34H,9-10,12H2,1H3,(H3,24,25)(H2,26,33)(H,29,30)/t18-,23?/m0/s1. The molecule has 0 aromatic heterocycles. The second-order valence-electron chi connectivity index (χ2n) is 7.97. The molecule has 0 radical (unpaired) electrons. The summed E-state index contributed by atoms with van der Waals surface area (Å²) in [6.45, 7) is -0.486. The fourth-order valence-corrected chi connectivity index (χ4v) is 3.77. The van der Waals surface area contributed by atoms with Crippen molar-refractivity contribution in [3.63, 3.8) is 0 Å². The lowest BCUT2D eigenvalue weighted by atomic mass is 9.85. The Bertz CT molecular complexity index is 1180. The fraction of sp³-hybridized carbons (Fsp3) is 0.261. The number of aliphatic hydroxyl groups is 1. The average Bonchev–Trinajstić information content (AvgIpc) is 2.82. The van der Waals surface area contributed by atoms with Crippen molar-refractivity contribution in [2.75, 3.05) is 31.6 Å². The van der Waals surface area contributed by atoms with Crippen LogP contribution in [0.5, 0.6) is 0 Å². The van der Waals surface area contributed by atoms with Crippen LogP contribution in [0.15, 0.2) is 48.5 Å². The van der Waals surface area contributed by atoms with Crippen molar-refractivity contribution < 1.29 is 34.1 Å². The van der Waals surface area contributed by atoms with Crippen LogP contribution in [0.1, 0.15) is 21.5 Å². The third-order valence-electron chi connectivity index (χ3n) is 5.60. The minimum atomic E-state index is -2.53. The van der Waals surface area contributed by atoms with Crippen LogP contribution in [0.3, 0.4) is 0 Å². The summed E-state index contributed by atoms with van der Waals surface area (Å²) in [5.41, 5.74) is 9.18. The van der Waals surface area contributed by atoms with E-state index in [1.807, 2.05) is 0 Å². The Balaban J connectivity index is 1.94. The highest BCUT2D eigenvalue weighted by Crippen LogP contribution is 2.32. The van der Waals surface area contributed by atoms with Crippen molar-refractivity contribution in [3.05, 3.63) is 65.2 Å². The summed E-state index contributed by atoms with van der Waals surface area (Å²) < 4.78 is 5.51. The number of ether oxygens (including phenoxy) is 1. The lowest BCUT2D eigenvalue weighted by molar-refractivity contribution is -0.171. The van der Waals surface area contributed by atoms with Crippen LogP contribution in [0.25, 0.3) is 0 Å². The molecule has 12 nitrogen and oxygen atoms in total. The summed E-state index contributed by atoms with van der Waals surface area (Å²) in [4.78, 5) is 51.5. The Kier molecular flexibility index (Phi) is 7.17. The molecule has 184 valence electrons. The molecule has 35 heavy (non-hydrogen) atoms. The van der Waals surface area contributed by atoms with Gasteiger partial charge < -0.3 is 36.2 Å². The predicted octanol–water partition coefficient (Wildman–Crippen LogP) is -0.768. The molecular weight excluding hydrogens is 458 g/mol. The summed E-state index contributed by atoms with van der Waals surface area (Å²) in [6.07, 6.45) is -1.69. The van der Waals surface area contributed by atoms with Crippen LogP contribution in [-0.4, -0.2) is 77.5 Å². The number of nitrogens with two attached hydrogens (primary N) is 2. The number of hydrogen-bond acceptors (Lipinski definition) is 7. The number of hydrogen-bond donors (Lipinski definition) is 5. The van der Waals surface area contributed by atoms with Crippen molar-refractivity contribution in [3.8, 4) is 0 Å². The molecule has 0 bridgehead atoms. The van der Waals surface area contributed by atoms with Crippen molar-refractivity contribution >= 4 is 35.2 Å². The number of nitrogen functional groups attached to an aromatic ring is 1. The van der Waals surface area contributed by atoms with Gasteiger partial charge in [0.05, 0.1) is 6.61 Å². The van der Waals surface area contributed by atoms with Gasteiger partial charge in [-0.05, 0) is 23.8 Å². The molecule has 1 aliphatic heterocycles. The smallest absolute Gasteiger partial charge is 0.323 e. The molecule has 1 saturated heterocycles. The maximum atomic E-state index is 13.4. The number of amides is 3. The van der Waals surface area contributed by atoms with E-state index in [-0.39, 0.29) is 35.8 Å². The highest BCUT2D eigenvalue weighted by atomic mass is 16.5. The molecule has 0 aliphatic carbocycles. The van der Waals surface area contributed by atoms with Gasteiger partial charge in [-0.25, -0.2) is 0 Å². The van der Waals surface area contributed by atoms with Crippen LogP contribution in [0.4, 0.5) is 5.69 Å². The van der Waals surface area contributed by atoms with E-state index in [9.17, 15) is 24.3 Å². The Morgan fingerprint density at radius 2 is 1.83 bits per heavy atom. The van der Waals surface area contributed by atoms with Crippen molar-refractivity contribution in [2.24, 2.45) is 11.5 Å². The number of amidine groups is 1. The summed E-state index contributed by atoms with van der Waals surface area (Å²) in [6, 6.07) is 11.4. The van der Waals surface area contributed by atoms with Gasteiger partial charge in [0.1, 0.15) is 12.4 Å². The summed E-state index contributed by atoms with van der Waals surface area (Å²) in [7, 11) is 1.34. The number of nitrogens with zero attached hydrogens (tertiary/aromatic N) is 2. The van der Waals surface area contributed by atoms with Gasteiger partial charge in [0, 0.05) is 30.4 Å². The van der Waals surface area contributed by atoms with E-state index in [1.165, 1.54) is 54.4 Å². The average molecular weight is 483 g/mol. The first-order valence-corrected chi connectivity index (χ1v) is 10.4. The number of morpholine rings is 1. The second kappa shape index (κ2) is 9.91. The van der Waals surface area contributed by atoms with Gasteiger partial charge >= 0.3 is 5.97 Å². The number of nitrogens with one attached hydrogen (secondary N) is 1. The van der Waals surface area contributed by atoms with Gasteiger partial charge in [0.15, 0.2) is 6.10 Å². The van der Waals surface area contributed by atoms with E-state index in [0.29, 0.717) is 5.56 Å². The number of benzene rings is 2. The number of aliphatic carboxylic acids is 1. The topological polar surface area (TPSA) is 200 Å². The minimum absolute atomic E-state index is 0.0191. The van der Waals surface area contributed by atoms with E-state index in [4.69, 9.17) is 26.7 Å². The van der Waals surface area contributed by atoms with Crippen molar-refractivity contribution in [1.29, 1.82) is 5.41 Å².